The van der Waals surface area contributed by atoms with Gasteiger partial charge in [0.05, 0.1) is 0 Å². The molecule has 0 atom stereocenters. The summed E-state index contributed by atoms with van der Waals surface area (Å²) < 4.78 is 0. The number of hydrogen-bond donors (Lipinski definition) is 1. The first-order valence-corrected chi connectivity index (χ1v) is 7.25. The Morgan fingerprint density at radius 2 is 1.72 bits per heavy atom. The van der Waals surface area contributed by atoms with Gasteiger partial charge in [-0.3, -0.25) is 0 Å². The van der Waals surface area contributed by atoms with E-state index < -0.39 is 0 Å². The van der Waals surface area contributed by atoms with Gasteiger partial charge in [0.2, 0.25) is 0 Å². The van der Waals surface area contributed by atoms with Crippen molar-refractivity contribution in [2.24, 2.45) is 5.73 Å². The molecule has 0 radical (unpaired) electrons. The van der Waals surface area contributed by atoms with Crippen LogP contribution in [-0.4, -0.2) is 18.1 Å². The van der Waals surface area contributed by atoms with Crippen LogP contribution in [0.25, 0.3) is 0 Å². The lowest BCUT2D eigenvalue weighted by Gasteiger charge is -2.30. The van der Waals surface area contributed by atoms with Crippen molar-refractivity contribution in [1.82, 2.24) is 0 Å². The standard InChI is InChI=1S/C15H22N2S/c1-12-8-7-9-13(15(16)18)14(12)17-10-5-3-2-4-6-11-17/h7-9H,2-6,10-11H2,1H3,(H2,16,18). The molecule has 1 aliphatic rings. The van der Waals surface area contributed by atoms with Gasteiger partial charge in [-0.25, -0.2) is 0 Å². The van der Waals surface area contributed by atoms with Crippen molar-refractivity contribution < 1.29 is 0 Å². The molecule has 0 aliphatic carbocycles. The lowest BCUT2D eigenvalue weighted by atomic mass is 10.0. The summed E-state index contributed by atoms with van der Waals surface area (Å²) in [7, 11) is 0. The third kappa shape index (κ3) is 3.02. The summed E-state index contributed by atoms with van der Waals surface area (Å²) >= 11 is 5.19. The SMILES string of the molecule is Cc1cccc(C(N)=S)c1N1CCCCCCC1. The zero-order valence-electron chi connectivity index (χ0n) is 11.1. The Labute approximate surface area is 115 Å². The largest absolute Gasteiger partial charge is 0.389 e. The molecular formula is C15H22N2S. The van der Waals surface area contributed by atoms with E-state index >= 15 is 0 Å². The number of rotatable bonds is 2. The summed E-state index contributed by atoms with van der Waals surface area (Å²) in [5.41, 5.74) is 9.43. The topological polar surface area (TPSA) is 29.3 Å². The molecule has 0 spiro atoms. The monoisotopic (exact) mass is 262 g/mol. The van der Waals surface area contributed by atoms with Crippen molar-refractivity contribution in [3.8, 4) is 0 Å². The average Bonchev–Trinajstić information content (AvgIpc) is 2.29. The number of thiocarbonyl (C=S) groups is 1. The van der Waals surface area contributed by atoms with Crippen LogP contribution in [-0.2, 0) is 0 Å². The van der Waals surface area contributed by atoms with E-state index in [4.69, 9.17) is 18.0 Å². The van der Waals surface area contributed by atoms with Gasteiger partial charge < -0.3 is 10.6 Å². The highest BCUT2D eigenvalue weighted by Crippen LogP contribution is 2.27. The number of benzene rings is 1. The predicted octanol–water partition coefficient (Wildman–Crippen LogP) is 3.40. The van der Waals surface area contributed by atoms with Gasteiger partial charge in [-0.2, -0.15) is 0 Å². The molecule has 18 heavy (non-hydrogen) atoms. The summed E-state index contributed by atoms with van der Waals surface area (Å²) in [6, 6.07) is 6.23. The van der Waals surface area contributed by atoms with Crippen molar-refractivity contribution in [2.75, 3.05) is 18.0 Å². The normalized spacial score (nSPS) is 17.1. The fraction of sp³-hybridized carbons (Fsp3) is 0.533. The Morgan fingerprint density at radius 1 is 1.11 bits per heavy atom. The smallest absolute Gasteiger partial charge is 0.106 e. The van der Waals surface area contributed by atoms with E-state index in [-0.39, 0.29) is 0 Å². The van der Waals surface area contributed by atoms with Crippen LogP contribution < -0.4 is 10.6 Å². The van der Waals surface area contributed by atoms with Crippen LogP contribution in [0.3, 0.4) is 0 Å². The summed E-state index contributed by atoms with van der Waals surface area (Å²) in [6.07, 6.45) is 6.59. The molecule has 1 saturated heterocycles. The van der Waals surface area contributed by atoms with E-state index in [1.165, 1.54) is 43.4 Å². The van der Waals surface area contributed by atoms with Crippen molar-refractivity contribution in [3.63, 3.8) is 0 Å². The maximum atomic E-state index is 5.86. The third-order valence-electron chi connectivity index (χ3n) is 3.68. The first-order chi connectivity index (χ1) is 8.70. The Bertz CT molecular complexity index is 421. The number of para-hydroxylation sites is 1. The molecule has 1 aromatic carbocycles. The van der Waals surface area contributed by atoms with Crippen LogP contribution in [0.1, 0.15) is 43.2 Å². The van der Waals surface area contributed by atoms with Crippen molar-refractivity contribution in [2.45, 2.75) is 39.0 Å². The number of aryl methyl sites for hydroxylation is 1. The number of anilines is 1. The molecule has 0 bridgehead atoms. The molecule has 0 saturated carbocycles. The highest BCUT2D eigenvalue weighted by molar-refractivity contribution is 7.80. The Balaban J connectivity index is 2.32. The molecule has 3 heteroatoms. The minimum Gasteiger partial charge on any atom is -0.389 e. The third-order valence-corrected chi connectivity index (χ3v) is 3.90. The molecule has 2 N–H and O–H groups in total. The number of nitrogens with zero attached hydrogens (tertiary/aromatic N) is 1. The molecule has 1 fully saturated rings. The van der Waals surface area contributed by atoms with Gasteiger partial charge in [0.1, 0.15) is 4.99 Å². The number of hydrogen-bond acceptors (Lipinski definition) is 2. The molecule has 0 amide bonds. The van der Waals surface area contributed by atoms with E-state index in [2.05, 4.69) is 17.9 Å². The predicted molar refractivity (Wildman–Crippen MR) is 82.4 cm³/mol. The number of nitrogens with two attached hydrogens (primary N) is 1. The van der Waals surface area contributed by atoms with E-state index in [1.807, 2.05) is 12.1 Å². The van der Waals surface area contributed by atoms with Crippen LogP contribution in [0.4, 0.5) is 5.69 Å². The second kappa shape index (κ2) is 6.19. The minimum atomic E-state index is 0.510. The summed E-state index contributed by atoms with van der Waals surface area (Å²) in [6.45, 7) is 4.40. The van der Waals surface area contributed by atoms with E-state index in [0.717, 1.165) is 18.7 Å². The fourth-order valence-electron chi connectivity index (χ4n) is 2.75. The van der Waals surface area contributed by atoms with Crippen LogP contribution >= 0.6 is 12.2 Å². The van der Waals surface area contributed by atoms with E-state index in [9.17, 15) is 0 Å². The average molecular weight is 262 g/mol. The van der Waals surface area contributed by atoms with Crippen molar-refractivity contribution in [1.29, 1.82) is 0 Å². The molecule has 2 rings (SSSR count). The maximum absolute atomic E-state index is 5.86. The molecule has 0 unspecified atom stereocenters. The molecular weight excluding hydrogens is 240 g/mol. The molecule has 1 aromatic rings. The highest BCUT2D eigenvalue weighted by Gasteiger charge is 2.16. The van der Waals surface area contributed by atoms with E-state index in [1.54, 1.807) is 0 Å². The van der Waals surface area contributed by atoms with Crippen LogP contribution in [0.5, 0.6) is 0 Å². The zero-order chi connectivity index (χ0) is 13.0. The Kier molecular flexibility index (Phi) is 4.59. The summed E-state index contributed by atoms with van der Waals surface area (Å²) in [5, 5.41) is 0. The van der Waals surface area contributed by atoms with Gasteiger partial charge >= 0.3 is 0 Å². The zero-order valence-corrected chi connectivity index (χ0v) is 11.9. The summed E-state index contributed by atoms with van der Waals surface area (Å²) in [5.74, 6) is 0. The highest BCUT2D eigenvalue weighted by atomic mass is 32.1. The Hall–Kier alpha value is -1.09. The molecule has 1 heterocycles. The lowest BCUT2D eigenvalue weighted by Crippen LogP contribution is -2.30. The fourth-order valence-corrected chi connectivity index (χ4v) is 2.91. The van der Waals surface area contributed by atoms with Gasteiger partial charge in [0.15, 0.2) is 0 Å². The first kappa shape index (κ1) is 13.3. The van der Waals surface area contributed by atoms with E-state index in [0.29, 0.717) is 4.99 Å². The van der Waals surface area contributed by atoms with Crippen molar-refractivity contribution in [3.05, 3.63) is 29.3 Å². The minimum absolute atomic E-state index is 0.510. The van der Waals surface area contributed by atoms with Crippen LogP contribution in [0.2, 0.25) is 0 Å². The molecule has 0 aromatic heterocycles. The molecule has 2 nitrogen and oxygen atoms in total. The van der Waals surface area contributed by atoms with Gasteiger partial charge in [-0.15, -0.1) is 0 Å². The maximum Gasteiger partial charge on any atom is 0.106 e. The lowest BCUT2D eigenvalue weighted by molar-refractivity contribution is 0.556. The van der Waals surface area contributed by atoms with Crippen LogP contribution in [0, 0.1) is 6.92 Å². The van der Waals surface area contributed by atoms with Gasteiger partial charge in [0.25, 0.3) is 0 Å². The van der Waals surface area contributed by atoms with Gasteiger partial charge in [-0.05, 0) is 31.4 Å². The van der Waals surface area contributed by atoms with Gasteiger partial charge in [0, 0.05) is 24.3 Å². The van der Waals surface area contributed by atoms with Crippen LogP contribution in [0.15, 0.2) is 18.2 Å². The molecule has 98 valence electrons. The quantitative estimate of drug-likeness (QED) is 0.828. The Morgan fingerprint density at radius 3 is 2.33 bits per heavy atom. The second-order valence-electron chi connectivity index (χ2n) is 5.09. The first-order valence-electron chi connectivity index (χ1n) is 6.84. The van der Waals surface area contributed by atoms with Gasteiger partial charge in [-0.1, -0.05) is 43.6 Å². The second-order valence-corrected chi connectivity index (χ2v) is 5.53. The summed E-state index contributed by atoms with van der Waals surface area (Å²) in [4.78, 5) is 2.99. The van der Waals surface area contributed by atoms with Crippen molar-refractivity contribution >= 4 is 22.9 Å². The molecule has 1 aliphatic heterocycles.